The molecule has 0 bridgehead atoms. The predicted octanol–water partition coefficient (Wildman–Crippen LogP) is 8.43. The van der Waals surface area contributed by atoms with Gasteiger partial charge in [-0.15, -0.1) is 0 Å². The Hall–Kier alpha value is -5.90. The highest BCUT2D eigenvalue weighted by Gasteiger charge is 2.09. The second kappa shape index (κ2) is 23.4. The van der Waals surface area contributed by atoms with Crippen LogP contribution in [0.15, 0.2) is 129 Å². The summed E-state index contributed by atoms with van der Waals surface area (Å²) in [6, 6.07) is 13.3. The van der Waals surface area contributed by atoms with Crippen molar-refractivity contribution in [2.24, 2.45) is 0 Å². The third kappa shape index (κ3) is 17.6. The van der Waals surface area contributed by atoms with Crippen LogP contribution in [0.1, 0.15) is 45.1 Å². The molecule has 0 heterocycles. The Morgan fingerprint density at radius 1 is 0.694 bits per heavy atom. The van der Waals surface area contributed by atoms with Crippen LogP contribution in [-0.2, 0) is 28.6 Å². The first-order chi connectivity index (χ1) is 23.4. The Labute approximate surface area is 288 Å². The van der Waals surface area contributed by atoms with Crippen LogP contribution in [0.2, 0.25) is 0 Å². The molecule has 0 radical (unpaired) electrons. The van der Waals surface area contributed by atoms with Gasteiger partial charge in [0.05, 0.1) is 32.2 Å². The number of allylic oxidation sites excluding steroid dienone is 6. The minimum Gasteiger partial charge on any atom is -0.494 e. The molecule has 2 aromatic carbocycles. The molecule has 2 rings (SSSR count). The number of carbonyl (C=O) groups is 4. The van der Waals surface area contributed by atoms with E-state index in [-0.39, 0.29) is 23.9 Å². The van der Waals surface area contributed by atoms with Gasteiger partial charge >= 0.3 is 24.1 Å². The van der Waals surface area contributed by atoms with Crippen LogP contribution in [0.3, 0.4) is 0 Å². The summed E-state index contributed by atoms with van der Waals surface area (Å²) in [7, 11) is 1.38. The molecule has 0 N–H and O–H groups in total. The van der Waals surface area contributed by atoms with Crippen LogP contribution >= 0.6 is 0 Å². The van der Waals surface area contributed by atoms with Gasteiger partial charge in [0, 0.05) is 12.8 Å². The first-order valence-corrected chi connectivity index (χ1v) is 15.3. The molecule has 10 nitrogen and oxygen atoms in total. The molecule has 0 aliphatic rings. The summed E-state index contributed by atoms with van der Waals surface area (Å²) < 4.78 is 29.8. The van der Waals surface area contributed by atoms with E-state index in [0.29, 0.717) is 66.4 Å². The molecule has 0 amide bonds. The number of hydrogen-bond donors (Lipinski definition) is 0. The molecule has 0 saturated carbocycles. The lowest BCUT2D eigenvalue weighted by atomic mass is 10.0. The summed E-state index contributed by atoms with van der Waals surface area (Å²) in [6.07, 6.45) is 8.87. The average molecular weight is 673 g/mol. The van der Waals surface area contributed by atoms with Crippen molar-refractivity contribution in [2.45, 2.75) is 39.5 Å². The second-order valence-electron chi connectivity index (χ2n) is 9.89. The van der Waals surface area contributed by atoms with E-state index in [0.717, 1.165) is 11.8 Å². The van der Waals surface area contributed by atoms with Gasteiger partial charge in [-0.2, -0.15) is 0 Å². The van der Waals surface area contributed by atoms with Gasteiger partial charge in [-0.3, -0.25) is 9.59 Å². The van der Waals surface area contributed by atoms with Crippen molar-refractivity contribution in [3.63, 3.8) is 0 Å². The molecule has 2 aromatic rings. The zero-order chi connectivity index (χ0) is 36.6. The SMILES string of the molecule is C=COC(=O)CCCOc1ccc(OC(=O)C(=C)/C=C\C(=C)C(=C)/C=C\C(=C)c2ccc(OC(=O)OCCC)cc2)cc1.CCC(=O)OC. The lowest BCUT2D eigenvalue weighted by Gasteiger charge is -2.08. The predicted molar refractivity (Wildman–Crippen MR) is 189 cm³/mol. The fourth-order valence-electron chi connectivity index (χ4n) is 3.31. The van der Waals surface area contributed by atoms with Crippen molar-refractivity contribution in [2.75, 3.05) is 20.3 Å². The molecule has 0 fully saturated rings. The van der Waals surface area contributed by atoms with E-state index in [1.54, 1.807) is 73.7 Å². The standard InChI is InChI=1S/C35H36O8.C4H8O2/c1-7-23-41-35(38)43-32-17-15-29(16-18-32)27(5)13-11-25(3)26(4)12-14-28(6)34(37)42-31-21-19-30(20-22-31)40-24-9-10-33(36)39-8-2;1-3-4(5)6-2/h8,11-22H,2-7,9-10,23-24H2,1H3;3H2,1-2H3/b13-11-,14-12-;. The van der Waals surface area contributed by atoms with Gasteiger partial charge in [0.1, 0.15) is 17.2 Å². The van der Waals surface area contributed by atoms with Crippen molar-refractivity contribution in [3.05, 3.63) is 134 Å². The van der Waals surface area contributed by atoms with Crippen molar-refractivity contribution in [1.82, 2.24) is 0 Å². The molecule has 0 aromatic heterocycles. The van der Waals surface area contributed by atoms with Gasteiger partial charge in [-0.05, 0) is 77.6 Å². The number of methoxy groups -OCH3 is 1. The zero-order valence-electron chi connectivity index (χ0n) is 28.4. The fraction of sp³-hybridized carbons (Fsp3) is 0.231. The number of carbonyl (C=O) groups excluding carboxylic acids is 4. The summed E-state index contributed by atoms with van der Waals surface area (Å²) in [4.78, 5) is 45.3. The molecule has 0 saturated heterocycles. The van der Waals surface area contributed by atoms with E-state index >= 15 is 0 Å². The van der Waals surface area contributed by atoms with E-state index in [1.165, 1.54) is 13.2 Å². The molecule has 10 heteroatoms. The monoisotopic (exact) mass is 672 g/mol. The average Bonchev–Trinajstić information content (AvgIpc) is 3.11. The van der Waals surface area contributed by atoms with Gasteiger partial charge in [0.15, 0.2) is 0 Å². The fourth-order valence-corrected chi connectivity index (χ4v) is 3.31. The van der Waals surface area contributed by atoms with Gasteiger partial charge in [-0.1, -0.05) is 77.1 Å². The maximum atomic E-state index is 12.4. The number of rotatable bonds is 18. The first-order valence-electron chi connectivity index (χ1n) is 15.3. The number of ether oxygens (including phenoxy) is 6. The largest absolute Gasteiger partial charge is 0.513 e. The third-order valence-electron chi connectivity index (χ3n) is 6.06. The minimum atomic E-state index is -0.745. The van der Waals surface area contributed by atoms with Crippen molar-refractivity contribution < 1.29 is 47.6 Å². The summed E-state index contributed by atoms with van der Waals surface area (Å²) in [5.74, 6) is 0.100. The van der Waals surface area contributed by atoms with E-state index in [1.807, 2.05) is 6.92 Å². The highest BCUT2D eigenvalue weighted by Crippen LogP contribution is 2.21. The Kier molecular flexibility index (Phi) is 19.7. The molecule has 260 valence electrons. The Morgan fingerprint density at radius 2 is 1.24 bits per heavy atom. The van der Waals surface area contributed by atoms with E-state index in [2.05, 4.69) is 42.4 Å². The molecule has 0 aliphatic carbocycles. The summed E-state index contributed by atoms with van der Waals surface area (Å²) >= 11 is 0. The lowest BCUT2D eigenvalue weighted by molar-refractivity contribution is -0.140. The highest BCUT2D eigenvalue weighted by atomic mass is 16.7. The van der Waals surface area contributed by atoms with Gasteiger partial charge in [0.2, 0.25) is 0 Å². The van der Waals surface area contributed by atoms with E-state index in [4.69, 9.17) is 18.9 Å². The Balaban J connectivity index is 0.00000183. The number of benzene rings is 2. The molecular weight excluding hydrogens is 628 g/mol. The van der Waals surface area contributed by atoms with E-state index in [9.17, 15) is 19.2 Å². The van der Waals surface area contributed by atoms with Crippen LogP contribution < -0.4 is 14.2 Å². The van der Waals surface area contributed by atoms with Crippen molar-refractivity contribution >= 4 is 29.6 Å². The minimum absolute atomic E-state index is 0.120. The Morgan fingerprint density at radius 3 is 1.80 bits per heavy atom. The maximum Gasteiger partial charge on any atom is 0.513 e. The van der Waals surface area contributed by atoms with Crippen LogP contribution in [-0.4, -0.2) is 44.4 Å². The van der Waals surface area contributed by atoms with Crippen molar-refractivity contribution in [3.8, 4) is 17.2 Å². The van der Waals surface area contributed by atoms with E-state index < -0.39 is 12.1 Å². The zero-order valence-corrected chi connectivity index (χ0v) is 28.4. The second-order valence-corrected chi connectivity index (χ2v) is 9.89. The highest BCUT2D eigenvalue weighted by molar-refractivity contribution is 5.92. The molecule has 0 spiro atoms. The first kappa shape index (κ1) is 41.1. The summed E-state index contributed by atoms with van der Waals surface area (Å²) in [5, 5.41) is 0. The molecular formula is C39H44O10. The third-order valence-corrected chi connectivity index (χ3v) is 6.06. The number of hydrogen-bond acceptors (Lipinski definition) is 10. The van der Waals surface area contributed by atoms with Crippen LogP contribution in [0.25, 0.3) is 5.57 Å². The normalized spacial score (nSPS) is 10.2. The molecule has 49 heavy (non-hydrogen) atoms. The van der Waals surface area contributed by atoms with Crippen molar-refractivity contribution in [1.29, 1.82) is 0 Å². The number of esters is 3. The quantitative estimate of drug-likeness (QED) is 0.0223. The molecule has 0 aliphatic heterocycles. The van der Waals surface area contributed by atoms with Crippen LogP contribution in [0.4, 0.5) is 4.79 Å². The smallest absolute Gasteiger partial charge is 0.494 e. The summed E-state index contributed by atoms with van der Waals surface area (Å²) in [5.41, 5.74) is 2.81. The summed E-state index contributed by atoms with van der Waals surface area (Å²) in [6.45, 7) is 23.4. The Bertz CT molecular complexity index is 1520. The lowest BCUT2D eigenvalue weighted by Crippen LogP contribution is -2.10. The van der Waals surface area contributed by atoms with Gasteiger partial charge in [0.25, 0.3) is 0 Å². The maximum absolute atomic E-state index is 12.4. The van der Waals surface area contributed by atoms with Gasteiger partial charge in [-0.25, -0.2) is 9.59 Å². The topological polar surface area (TPSA) is 124 Å². The molecule has 0 atom stereocenters. The molecule has 0 unspecified atom stereocenters. The van der Waals surface area contributed by atoms with Crippen LogP contribution in [0.5, 0.6) is 17.2 Å². The van der Waals surface area contributed by atoms with Crippen LogP contribution in [0, 0.1) is 0 Å². The van der Waals surface area contributed by atoms with Gasteiger partial charge < -0.3 is 28.4 Å².